The van der Waals surface area contributed by atoms with Gasteiger partial charge in [-0.1, -0.05) is 18.5 Å². The standard InChI is InChI=1S/C15H16ClF3N4O/c1-8(3-12-22-21-7-23(12)2)14(15(17,18)19)5-9(16)4-10-11(14)6-20-13(10)24/h4-5,7-8,11H,3,6H2,1-2H3,(H,20,24). The summed E-state index contributed by atoms with van der Waals surface area (Å²) < 4.78 is 44.2. The molecule has 1 amide bonds. The van der Waals surface area contributed by atoms with E-state index in [4.69, 9.17) is 11.6 Å². The molecule has 2 aliphatic rings. The van der Waals surface area contributed by atoms with Crippen molar-refractivity contribution in [2.24, 2.45) is 24.3 Å². The molecule has 3 unspecified atom stereocenters. The summed E-state index contributed by atoms with van der Waals surface area (Å²) in [4.78, 5) is 11.9. The van der Waals surface area contributed by atoms with Crippen LogP contribution in [0.1, 0.15) is 12.7 Å². The number of fused-ring (bicyclic) bond motifs is 1. The van der Waals surface area contributed by atoms with Gasteiger partial charge in [0.2, 0.25) is 5.91 Å². The summed E-state index contributed by atoms with van der Waals surface area (Å²) in [6.45, 7) is 1.45. The minimum atomic E-state index is -4.57. The lowest BCUT2D eigenvalue weighted by Gasteiger charge is -2.44. The maximum absolute atomic E-state index is 14.2. The average Bonchev–Trinajstić information content (AvgIpc) is 3.04. The lowest BCUT2D eigenvalue weighted by atomic mass is 9.61. The van der Waals surface area contributed by atoms with Gasteiger partial charge in [-0.15, -0.1) is 10.2 Å². The van der Waals surface area contributed by atoms with Crippen LogP contribution < -0.4 is 5.32 Å². The molecular weight excluding hydrogens is 345 g/mol. The molecule has 3 atom stereocenters. The van der Waals surface area contributed by atoms with Gasteiger partial charge in [0.1, 0.15) is 12.2 Å². The van der Waals surface area contributed by atoms with Gasteiger partial charge in [0.15, 0.2) is 0 Å². The highest BCUT2D eigenvalue weighted by atomic mass is 35.5. The van der Waals surface area contributed by atoms with E-state index < -0.39 is 29.3 Å². The van der Waals surface area contributed by atoms with Crippen LogP contribution in [0, 0.1) is 17.3 Å². The number of halogens is 4. The normalized spacial score (nSPS) is 28.1. The molecule has 9 heteroatoms. The van der Waals surface area contributed by atoms with Gasteiger partial charge in [0.05, 0.1) is 5.41 Å². The Morgan fingerprint density at radius 3 is 2.83 bits per heavy atom. The molecule has 1 aromatic rings. The van der Waals surface area contributed by atoms with Gasteiger partial charge >= 0.3 is 6.18 Å². The quantitative estimate of drug-likeness (QED) is 0.900. The van der Waals surface area contributed by atoms with Crippen molar-refractivity contribution >= 4 is 17.5 Å². The van der Waals surface area contributed by atoms with Crippen LogP contribution in [0.4, 0.5) is 13.2 Å². The number of alkyl halides is 3. The van der Waals surface area contributed by atoms with Crippen LogP contribution in [-0.4, -0.2) is 33.4 Å². The summed E-state index contributed by atoms with van der Waals surface area (Å²) in [7, 11) is 1.68. The number of hydrogen-bond acceptors (Lipinski definition) is 3. The zero-order chi connectivity index (χ0) is 17.7. The number of aryl methyl sites for hydroxylation is 1. The van der Waals surface area contributed by atoms with E-state index in [-0.39, 0.29) is 23.6 Å². The molecule has 130 valence electrons. The first-order chi connectivity index (χ1) is 11.2. The van der Waals surface area contributed by atoms with E-state index in [0.29, 0.717) is 5.82 Å². The van der Waals surface area contributed by atoms with Crippen LogP contribution in [0.3, 0.4) is 0 Å². The number of carbonyl (C=O) groups is 1. The van der Waals surface area contributed by atoms with Crippen molar-refractivity contribution in [3.63, 3.8) is 0 Å². The molecule has 1 aliphatic carbocycles. The van der Waals surface area contributed by atoms with Gasteiger partial charge < -0.3 is 9.88 Å². The summed E-state index contributed by atoms with van der Waals surface area (Å²) in [6, 6.07) is 0. The van der Waals surface area contributed by atoms with Crippen molar-refractivity contribution in [1.29, 1.82) is 0 Å². The second kappa shape index (κ2) is 5.61. The van der Waals surface area contributed by atoms with Crippen LogP contribution in [0.5, 0.6) is 0 Å². The largest absolute Gasteiger partial charge is 0.398 e. The van der Waals surface area contributed by atoms with E-state index in [1.54, 1.807) is 11.6 Å². The number of allylic oxidation sites excluding steroid dienone is 3. The molecule has 0 radical (unpaired) electrons. The fourth-order valence-electron chi connectivity index (χ4n) is 3.66. The summed E-state index contributed by atoms with van der Waals surface area (Å²) >= 11 is 5.97. The number of amides is 1. The number of aromatic nitrogens is 3. The second-order valence-corrected chi connectivity index (χ2v) is 6.72. The topological polar surface area (TPSA) is 59.8 Å². The molecule has 5 nitrogen and oxygen atoms in total. The minimum Gasteiger partial charge on any atom is -0.352 e. The first kappa shape index (κ1) is 17.0. The Morgan fingerprint density at radius 2 is 2.25 bits per heavy atom. The summed E-state index contributed by atoms with van der Waals surface area (Å²) in [6.07, 6.45) is -0.689. The number of carbonyl (C=O) groups excluding carboxylic acids is 1. The Hall–Kier alpha value is -1.83. The molecule has 3 rings (SSSR count). The van der Waals surface area contributed by atoms with Gasteiger partial charge in [0.25, 0.3) is 0 Å². The van der Waals surface area contributed by atoms with Gasteiger partial charge in [0, 0.05) is 36.5 Å². The third-order valence-corrected chi connectivity index (χ3v) is 5.17. The summed E-state index contributed by atoms with van der Waals surface area (Å²) in [5, 5.41) is 10.0. The molecule has 1 aliphatic heterocycles. The molecular formula is C15H16ClF3N4O. The molecule has 1 saturated heterocycles. The van der Waals surface area contributed by atoms with Gasteiger partial charge in [-0.3, -0.25) is 4.79 Å². The predicted molar refractivity (Wildman–Crippen MR) is 80.9 cm³/mol. The SMILES string of the molecule is CC(Cc1nncn1C)C1(C(F)(F)F)C=C(Cl)C=C2C(=O)NCC21. The molecule has 0 saturated carbocycles. The van der Waals surface area contributed by atoms with E-state index in [1.165, 1.54) is 19.3 Å². The lowest BCUT2D eigenvalue weighted by Crippen LogP contribution is -2.50. The smallest absolute Gasteiger partial charge is 0.352 e. The minimum absolute atomic E-state index is 0.0615. The summed E-state index contributed by atoms with van der Waals surface area (Å²) in [5.41, 5.74) is -2.15. The highest BCUT2D eigenvalue weighted by Crippen LogP contribution is 2.57. The average molecular weight is 361 g/mol. The van der Waals surface area contributed by atoms with Gasteiger partial charge in [-0.2, -0.15) is 13.2 Å². The van der Waals surface area contributed by atoms with Gasteiger partial charge in [-0.25, -0.2) is 0 Å². The Bertz CT molecular complexity index is 739. The number of rotatable bonds is 3. The van der Waals surface area contributed by atoms with Crippen molar-refractivity contribution < 1.29 is 18.0 Å². The fraction of sp³-hybridized carbons (Fsp3) is 0.533. The Labute approximate surface area is 141 Å². The molecule has 0 spiro atoms. The van der Waals surface area contributed by atoms with Gasteiger partial charge in [-0.05, 0) is 18.1 Å². The Balaban J connectivity index is 2.08. The first-order valence-electron chi connectivity index (χ1n) is 7.44. The summed E-state index contributed by atoms with van der Waals surface area (Å²) in [5.74, 6) is -1.93. The van der Waals surface area contributed by atoms with E-state index in [9.17, 15) is 18.0 Å². The van der Waals surface area contributed by atoms with Crippen LogP contribution in [0.2, 0.25) is 0 Å². The fourth-order valence-corrected chi connectivity index (χ4v) is 3.95. The maximum atomic E-state index is 14.2. The Morgan fingerprint density at radius 1 is 1.54 bits per heavy atom. The first-order valence-corrected chi connectivity index (χ1v) is 7.82. The van der Waals surface area contributed by atoms with E-state index >= 15 is 0 Å². The van der Waals surface area contributed by atoms with Crippen LogP contribution in [0.15, 0.2) is 29.1 Å². The van der Waals surface area contributed by atoms with E-state index in [1.807, 2.05) is 0 Å². The number of hydrogen-bond donors (Lipinski definition) is 1. The third kappa shape index (κ3) is 2.44. The highest BCUT2D eigenvalue weighted by Gasteiger charge is 2.64. The molecule has 1 N–H and O–H groups in total. The molecule has 1 fully saturated rings. The molecule has 0 bridgehead atoms. The zero-order valence-electron chi connectivity index (χ0n) is 13.1. The van der Waals surface area contributed by atoms with Crippen molar-refractivity contribution in [3.8, 4) is 0 Å². The van der Waals surface area contributed by atoms with Crippen molar-refractivity contribution in [2.75, 3.05) is 6.54 Å². The number of nitrogens with zero attached hydrogens (tertiary/aromatic N) is 3. The second-order valence-electron chi connectivity index (χ2n) is 6.29. The Kier molecular flexibility index (Phi) is 3.98. The molecule has 24 heavy (non-hydrogen) atoms. The van der Waals surface area contributed by atoms with E-state index in [0.717, 1.165) is 6.08 Å². The zero-order valence-corrected chi connectivity index (χ0v) is 13.8. The molecule has 1 aromatic heterocycles. The van der Waals surface area contributed by atoms with Crippen molar-refractivity contribution in [1.82, 2.24) is 20.1 Å². The lowest BCUT2D eigenvalue weighted by molar-refractivity contribution is -0.235. The van der Waals surface area contributed by atoms with Crippen LogP contribution >= 0.6 is 11.6 Å². The predicted octanol–water partition coefficient (Wildman–Crippen LogP) is 2.35. The third-order valence-electron chi connectivity index (χ3n) is 4.95. The maximum Gasteiger partial charge on any atom is 0.398 e. The van der Waals surface area contributed by atoms with Crippen LogP contribution in [0.25, 0.3) is 0 Å². The monoisotopic (exact) mass is 360 g/mol. The van der Waals surface area contributed by atoms with Crippen LogP contribution in [-0.2, 0) is 18.3 Å². The molecule has 0 aromatic carbocycles. The number of nitrogens with one attached hydrogen (secondary N) is 1. The molecule has 2 heterocycles. The van der Waals surface area contributed by atoms with Crippen molar-refractivity contribution in [2.45, 2.75) is 19.5 Å². The van der Waals surface area contributed by atoms with E-state index in [2.05, 4.69) is 15.5 Å². The highest BCUT2D eigenvalue weighted by molar-refractivity contribution is 6.31. The van der Waals surface area contributed by atoms with Crippen molar-refractivity contribution in [3.05, 3.63) is 34.9 Å².